The van der Waals surface area contributed by atoms with Crippen molar-refractivity contribution in [1.82, 2.24) is 4.72 Å². The molecular formula is C15H16N2O4S. The van der Waals surface area contributed by atoms with E-state index in [9.17, 15) is 18.5 Å². The zero-order valence-electron chi connectivity index (χ0n) is 12.2. The molecule has 0 aliphatic carbocycles. The van der Waals surface area contributed by atoms with Crippen LogP contribution in [0, 0.1) is 10.1 Å². The molecule has 0 saturated heterocycles. The number of rotatable bonds is 5. The molecule has 0 amide bonds. The second-order valence-corrected chi connectivity index (χ2v) is 6.97. The maximum Gasteiger partial charge on any atom is 0.289 e. The zero-order chi connectivity index (χ0) is 16.4. The molecule has 0 aliphatic rings. The lowest BCUT2D eigenvalue weighted by atomic mass is 9.96. The van der Waals surface area contributed by atoms with Gasteiger partial charge in [0.2, 0.25) is 10.0 Å². The van der Waals surface area contributed by atoms with Gasteiger partial charge < -0.3 is 0 Å². The molecule has 1 N–H and O–H groups in total. The molecule has 0 fully saturated rings. The topological polar surface area (TPSA) is 89.3 Å². The minimum Gasteiger partial charge on any atom is -0.258 e. The average Bonchev–Trinajstić information content (AvgIpc) is 2.47. The van der Waals surface area contributed by atoms with Crippen LogP contribution in [0.2, 0.25) is 0 Å². The van der Waals surface area contributed by atoms with Crippen LogP contribution in [0.1, 0.15) is 19.4 Å². The van der Waals surface area contributed by atoms with E-state index in [0.717, 1.165) is 5.56 Å². The Morgan fingerprint density at radius 3 is 2.14 bits per heavy atom. The van der Waals surface area contributed by atoms with Crippen molar-refractivity contribution in [3.8, 4) is 0 Å². The molecule has 0 heterocycles. The molecule has 6 nitrogen and oxygen atoms in total. The normalized spacial score (nSPS) is 12.1. The molecule has 0 bridgehead atoms. The highest BCUT2D eigenvalue weighted by Gasteiger charge is 2.32. The van der Waals surface area contributed by atoms with E-state index < -0.39 is 26.2 Å². The van der Waals surface area contributed by atoms with Gasteiger partial charge in [-0.25, -0.2) is 13.1 Å². The Kier molecular flexibility index (Phi) is 4.30. The summed E-state index contributed by atoms with van der Waals surface area (Å²) >= 11 is 0. The van der Waals surface area contributed by atoms with Crippen molar-refractivity contribution < 1.29 is 13.3 Å². The number of nitro groups is 1. The Morgan fingerprint density at radius 1 is 1.00 bits per heavy atom. The minimum atomic E-state index is -4.03. The first-order chi connectivity index (χ1) is 10.2. The van der Waals surface area contributed by atoms with Gasteiger partial charge in [0.25, 0.3) is 5.69 Å². The van der Waals surface area contributed by atoms with Gasteiger partial charge in [-0.3, -0.25) is 10.1 Å². The first kappa shape index (κ1) is 16.1. The molecule has 2 aromatic rings. The maximum absolute atomic E-state index is 12.5. The van der Waals surface area contributed by atoms with Crippen LogP contribution in [-0.4, -0.2) is 13.3 Å². The Labute approximate surface area is 129 Å². The SMILES string of the molecule is CC(C)(NS(=O)(=O)c1ccccc1[N+](=O)[O-])c1ccccc1. The summed E-state index contributed by atoms with van der Waals surface area (Å²) in [4.78, 5) is 9.97. The van der Waals surface area contributed by atoms with Crippen molar-refractivity contribution in [2.75, 3.05) is 0 Å². The van der Waals surface area contributed by atoms with E-state index in [-0.39, 0.29) is 4.90 Å². The fraction of sp³-hybridized carbons (Fsp3) is 0.200. The molecule has 22 heavy (non-hydrogen) atoms. The Hall–Kier alpha value is -2.25. The summed E-state index contributed by atoms with van der Waals surface area (Å²) in [6.45, 7) is 3.41. The highest BCUT2D eigenvalue weighted by atomic mass is 32.2. The van der Waals surface area contributed by atoms with E-state index in [4.69, 9.17) is 0 Å². The van der Waals surface area contributed by atoms with Crippen LogP contribution in [0.25, 0.3) is 0 Å². The number of nitro benzene ring substituents is 1. The molecule has 0 atom stereocenters. The third-order valence-corrected chi connectivity index (χ3v) is 4.94. The van der Waals surface area contributed by atoms with Crippen LogP contribution >= 0.6 is 0 Å². The second-order valence-electron chi connectivity index (χ2n) is 5.32. The van der Waals surface area contributed by atoms with Crippen LogP contribution in [0.5, 0.6) is 0 Å². The number of para-hydroxylation sites is 1. The summed E-state index contributed by atoms with van der Waals surface area (Å²) < 4.78 is 27.6. The molecule has 116 valence electrons. The van der Waals surface area contributed by atoms with E-state index in [1.165, 1.54) is 24.3 Å². The molecule has 0 aromatic heterocycles. The van der Waals surface area contributed by atoms with Gasteiger partial charge in [-0.15, -0.1) is 0 Å². The summed E-state index contributed by atoms with van der Waals surface area (Å²) in [6.07, 6.45) is 0. The van der Waals surface area contributed by atoms with E-state index in [1.54, 1.807) is 38.1 Å². The predicted molar refractivity (Wildman–Crippen MR) is 82.9 cm³/mol. The minimum absolute atomic E-state index is 0.344. The van der Waals surface area contributed by atoms with Crippen LogP contribution in [0.3, 0.4) is 0 Å². The van der Waals surface area contributed by atoms with Gasteiger partial charge in [0.1, 0.15) is 0 Å². The van der Waals surface area contributed by atoms with Crippen LogP contribution < -0.4 is 4.72 Å². The number of benzene rings is 2. The third kappa shape index (κ3) is 3.32. The predicted octanol–water partition coefficient (Wildman–Crippen LogP) is 2.81. The number of nitrogens with zero attached hydrogens (tertiary/aromatic N) is 1. The van der Waals surface area contributed by atoms with Gasteiger partial charge in [0, 0.05) is 6.07 Å². The van der Waals surface area contributed by atoms with Gasteiger partial charge in [-0.05, 0) is 25.5 Å². The standard InChI is InChI=1S/C15H16N2O4S/c1-15(2,12-8-4-3-5-9-12)16-22(20,21)14-11-7-6-10-13(14)17(18)19/h3-11,16H,1-2H3. The van der Waals surface area contributed by atoms with E-state index in [0.29, 0.717) is 0 Å². The molecule has 0 radical (unpaired) electrons. The number of nitrogens with one attached hydrogen (secondary N) is 1. The Balaban J connectivity index is 2.43. The maximum atomic E-state index is 12.5. The molecule has 0 spiro atoms. The molecule has 7 heteroatoms. The summed E-state index contributed by atoms with van der Waals surface area (Å²) in [5.74, 6) is 0. The van der Waals surface area contributed by atoms with Crippen molar-refractivity contribution in [3.63, 3.8) is 0 Å². The van der Waals surface area contributed by atoms with Crippen molar-refractivity contribution in [2.45, 2.75) is 24.3 Å². The lowest BCUT2D eigenvalue weighted by molar-refractivity contribution is -0.387. The van der Waals surface area contributed by atoms with Crippen LogP contribution in [0.15, 0.2) is 59.5 Å². The lowest BCUT2D eigenvalue weighted by Crippen LogP contribution is -2.41. The Morgan fingerprint density at radius 2 is 1.55 bits per heavy atom. The molecule has 0 aliphatic heterocycles. The van der Waals surface area contributed by atoms with Gasteiger partial charge >= 0.3 is 0 Å². The van der Waals surface area contributed by atoms with Crippen LogP contribution in [-0.2, 0) is 15.6 Å². The van der Waals surface area contributed by atoms with Gasteiger partial charge in [-0.2, -0.15) is 0 Å². The highest BCUT2D eigenvalue weighted by molar-refractivity contribution is 7.89. The quantitative estimate of drug-likeness (QED) is 0.677. The summed E-state index contributed by atoms with van der Waals surface area (Å²) in [5, 5.41) is 11.0. The van der Waals surface area contributed by atoms with Crippen LogP contribution in [0.4, 0.5) is 5.69 Å². The first-order valence-electron chi connectivity index (χ1n) is 6.57. The van der Waals surface area contributed by atoms with E-state index >= 15 is 0 Å². The van der Waals surface area contributed by atoms with Crippen molar-refractivity contribution in [3.05, 3.63) is 70.3 Å². The average molecular weight is 320 g/mol. The molecule has 0 unspecified atom stereocenters. The van der Waals surface area contributed by atoms with Gasteiger partial charge in [-0.1, -0.05) is 42.5 Å². The van der Waals surface area contributed by atoms with Gasteiger partial charge in [0.05, 0.1) is 10.5 Å². The summed E-state index contributed by atoms with van der Waals surface area (Å²) in [7, 11) is -4.03. The van der Waals surface area contributed by atoms with Crippen molar-refractivity contribution in [2.24, 2.45) is 0 Å². The monoisotopic (exact) mass is 320 g/mol. The molecule has 0 saturated carbocycles. The summed E-state index contributed by atoms with van der Waals surface area (Å²) in [5.41, 5.74) is -0.583. The van der Waals surface area contributed by atoms with Gasteiger partial charge in [0.15, 0.2) is 4.90 Å². The van der Waals surface area contributed by atoms with E-state index in [2.05, 4.69) is 4.72 Å². The largest absolute Gasteiger partial charge is 0.289 e. The smallest absolute Gasteiger partial charge is 0.258 e. The molecular weight excluding hydrogens is 304 g/mol. The second kappa shape index (κ2) is 5.86. The number of sulfonamides is 1. The van der Waals surface area contributed by atoms with Crippen molar-refractivity contribution in [1.29, 1.82) is 0 Å². The molecule has 2 aromatic carbocycles. The third-order valence-electron chi connectivity index (χ3n) is 3.24. The fourth-order valence-electron chi connectivity index (χ4n) is 2.14. The zero-order valence-corrected chi connectivity index (χ0v) is 13.0. The highest BCUT2D eigenvalue weighted by Crippen LogP contribution is 2.27. The summed E-state index contributed by atoms with van der Waals surface area (Å²) in [6, 6.07) is 14.3. The number of hydrogen-bond donors (Lipinski definition) is 1. The van der Waals surface area contributed by atoms with E-state index in [1.807, 2.05) is 6.07 Å². The number of hydrogen-bond acceptors (Lipinski definition) is 4. The molecule has 2 rings (SSSR count). The first-order valence-corrected chi connectivity index (χ1v) is 8.05. The fourth-order valence-corrected chi connectivity index (χ4v) is 3.72. The van der Waals surface area contributed by atoms with Crippen molar-refractivity contribution >= 4 is 15.7 Å². The lowest BCUT2D eigenvalue weighted by Gasteiger charge is -2.26. The Bertz CT molecular complexity index is 786.